The molecule has 25 heavy (non-hydrogen) atoms. The van der Waals surface area contributed by atoms with Crippen molar-refractivity contribution in [1.82, 2.24) is 14.5 Å². The molecule has 2 atom stereocenters. The number of nitrogens with two attached hydrogens (primary N) is 1. The molecule has 1 aliphatic rings. The maximum atomic E-state index is 10.7. The highest BCUT2D eigenvalue weighted by atomic mass is 32.1. The summed E-state index contributed by atoms with van der Waals surface area (Å²) in [6.45, 7) is 0.891. The van der Waals surface area contributed by atoms with Gasteiger partial charge in [0.2, 0.25) is 6.23 Å². The van der Waals surface area contributed by atoms with Gasteiger partial charge < -0.3 is 25.8 Å². The lowest BCUT2D eigenvalue weighted by atomic mass is 10.0. The molecule has 0 saturated carbocycles. The van der Waals surface area contributed by atoms with Crippen LogP contribution >= 0.6 is 11.3 Å². The van der Waals surface area contributed by atoms with E-state index in [1.807, 2.05) is 16.8 Å². The number of anilines is 1. The van der Waals surface area contributed by atoms with Gasteiger partial charge in [0, 0.05) is 11.8 Å². The van der Waals surface area contributed by atoms with Crippen molar-refractivity contribution in [2.75, 3.05) is 12.3 Å². The molecular formula is C16H16N4O4S. The molecule has 1 unspecified atom stereocenters. The monoisotopic (exact) mass is 360 g/mol. The maximum absolute atomic E-state index is 10.7. The second-order valence-corrected chi connectivity index (χ2v) is 6.75. The number of thiophene rings is 1. The van der Waals surface area contributed by atoms with Gasteiger partial charge in [-0.2, -0.15) is 11.3 Å². The first-order valence-corrected chi connectivity index (χ1v) is 8.45. The van der Waals surface area contributed by atoms with Crippen LogP contribution < -0.4 is 5.73 Å². The Balaban J connectivity index is 1.94. The van der Waals surface area contributed by atoms with Gasteiger partial charge in [-0.25, -0.2) is 9.97 Å². The second kappa shape index (κ2) is 5.45. The zero-order valence-electron chi connectivity index (χ0n) is 13.2. The van der Waals surface area contributed by atoms with E-state index in [9.17, 15) is 15.3 Å². The van der Waals surface area contributed by atoms with E-state index in [1.165, 1.54) is 13.3 Å². The fourth-order valence-corrected chi connectivity index (χ4v) is 3.72. The summed E-state index contributed by atoms with van der Waals surface area (Å²) in [6, 6.07) is 1.94. The van der Waals surface area contributed by atoms with E-state index < -0.39 is 24.2 Å². The minimum absolute atomic E-state index is 0.0732. The van der Waals surface area contributed by atoms with Gasteiger partial charge in [0.15, 0.2) is 17.1 Å². The van der Waals surface area contributed by atoms with E-state index in [0.29, 0.717) is 16.9 Å². The van der Waals surface area contributed by atoms with Crippen LogP contribution in [-0.4, -0.2) is 42.1 Å². The highest BCUT2D eigenvalue weighted by Gasteiger charge is 2.48. The van der Waals surface area contributed by atoms with Crippen molar-refractivity contribution in [2.24, 2.45) is 0 Å². The first-order chi connectivity index (χ1) is 11.9. The number of nitrogen functional groups attached to an aromatic ring is 1. The van der Waals surface area contributed by atoms with Crippen LogP contribution in [0.5, 0.6) is 0 Å². The Hall–Kier alpha value is -2.62. The van der Waals surface area contributed by atoms with Crippen LogP contribution in [0.3, 0.4) is 0 Å². The summed E-state index contributed by atoms with van der Waals surface area (Å²) in [7, 11) is 0. The lowest BCUT2D eigenvalue weighted by Gasteiger charge is -2.26. The minimum atomic E-state index is -1.73. The predicted molar refractivity (Wildman–Crippen MR) is 92.7 cm³/mol. The minimum Gasteiger partial charge on any atom is -0.506 e. The highest BCUT2D eigenvalue weighted by molar-refractivity contribution is 7.08. The van der Waals surface area contributed by atoms with Crippen LogP contribution in [0.4, 0.5) is 5.82 Å². The summed E-state index contributed by atoms with van der Waals surface area (Å²) >= 11 is 1.54. The molecule has 4 heterocycles. The summed E-state index contributed by atoms with van der Waals surface area (Å²) < 4.78 is 7.19. The molecule has 0 radical (unpaired) electrons. The summed E-state index contributed by atoms with van der Waals surface area (Å²) in [5.74, 6) is -0.168. The Morgan fingerprint density at radius 2 is 2.24 bits per heavy atom. The van der Waals surface area contributed by atoms with Crippen molar-refractivity contribution in [1.29, 1.82) is 0 Å². The molecule has 0 fully saturated rings. The van der Waals surface area contributed by atoms with Crippen molar-refractivity contribution in [3.63, 3.8) is 0 Å². The average Bonchev–Trinajstić information content (AvgIpc) is 3.27. The molecule has 8 nitrogen and oxygen atoms in total. The standard InChI is InChI=1S/C16H16N4O4S/c1-16(23)12(22)10(5-21)24-15(16)20-4-9(8-2-3-25-6-8)11-13(17)18-7-19-14(11)20/h2-4,6-7,15,21-23H,5H2,1H3,(H2,17,18,19)/t15-,16?/m1/s1. The number of rotatable bonds is 3. The van der Waals surface area contributed by atoms with Crippen LogP contribution in [0.25, 0.3) is 22.2 Å². The smallest absolute Gasteiger partial charge is 0.213 e. The zero-order valence-corrected chi connectivity index (χ0v) is 14.1. The number of ether oxygens (including phenoxy) is 1. The predicted octanol–water partition coefficient (Wildman–Crippen LogP) is 1.78. The van der Waals surface area contributed by atoms with Gasteiger partial charge in [-0.05, 0) is 29.3 Å². The van der Waals surface area contributed by atoms with Gasteiger partial charge in [0.05, 0.1) is 5.39 Å². The lowest BCUT2D eigenvalue weighted by molar-refractivity contribution is -0.0741. The number of hydrogen-bond donors (Lipinski definition) is 4. The molecule has 1 aliphatic heterocycles. The molecular weight excluding hydrogens is 344 g/mol. The Labute approximate surface area is 146 Å². The first-order valence-electron chi connectivity index (χ1n) is 7.51. The van der Waals surface area contributed by atoms with Crippen molar-refractivity contribution in [3.05, 3.63) is 40.9 Å². The topological polar surface area (TPSA) is 127 Å². The van der Waals surface area contributed by atoms with E-state index >= 15 is 0 Å². The number of fused-ring (bicyclic) bond motifs is 1. The van der Waals surface area contributed by atoms with Crippen molar-refractivity contribution < 1.29 is 20.1 Å². The molecule has 4 rings (SSSR count). The summed E-state index contributed by atoms with van der Waals surface area (Å²) in [6.07, 6.45) is 2.08. The van der Waals surface area contributed by atoms with Gasteiger partial charge in [0.1, 0.15) is 24.4 Å². The van der Waals surface area contributed by atoms with E-state index in [1.54, 1.807) is 22.1 Å². The average molecular weight is 360 g/mol. The largest absolute Gasteiger partial charge is 0.506 e. The molecule has 130 valence electrons. The van der Waals surface area contributed by atoms with Gasteiger partial charge >= 0.3 is 0 Å². The second-order valence-electron chi connectivity index (χ2n) is 5.97. The quantitative estimate of drug-likeness (QED) is 0.561. The van der Waals surface area contributed by atoms with Gasteiger partial charge in [0.25, 0.3) is 0 Å². The molecule has 0 bridgehead atoms. The molecule has 3 aromatic heterocycles. The van der Waals surface area contributed by atoms with Crippen LogP contribution in [-0.2, 0) is 4.74 Å². The molecule has 0 amide bonds. The lowest BCUT2D eigenvalue weighted by Crippen LogP contribution is -2.35. The Kier molecular flexibility index (Phi) is 3.46. The molecule has 0 spiro atoms. The van der Waals surface area contributed by atoms with Crippen LogP contribution in [0.15, 0.2) is 40.9 Å². The fraction of sp³-hybridized carbons (Fsp3) is 0.250. The van der Waals surface area contributed by atoms with E-state index in [-0.39, 0.29) is 5.76 Å². The van der Waals surface area contributed by atoms with Crippen LogP contribution in [0, 0.1) is 0 Å². The normalized spacial score (nSPS) is 23.4. The van der Waals surface area contributed by atoms with E-state index in [4.69, 9.17) is 10.5 Å². The molecule has 9 heteroatoms. The highest BCUT2D eigenvalue weighted by Crippen LogP contribution is 2.43. The van der Waals surface area contributed by atoms with Crippen LogP contribution in [0.1, 0.15) is 13.2 Å². The number of nitrogens with zero attached hydrogens (tertiary/aromatic N) is 3. The molecule has 0 saturated heterocycles. The number of aliphatic hydroxyl groups excluding tert-OH is 2. The molecule has 3 aromatic rings. The molecule has 0 aliphatic carbocycles. The Morgan fingerprint density at radius 3 is 2.88 bits per heavy atom. The van der Waals surface area contributed by atoms with E-state index in [0.717, 1.165) is 11.1 Å². The van der Waals surface area contributed by atoms with E-state index in [2.05, 4.69) is 9.97 Å². The molecule has 5 N–H and O–H groups in total. The Bertz CT molecular complexity index is 978. The summed E-state index contributed by atoms with van der Waals surface area (Å²) in [5, 5.41) is 34.7. The zero-order chi connectivity index (χ0) is 17.8. The number of aromatic nitrogens is 3. The van der Waals surface area contributed by atoms with Crippen molar-refractivity contribution in [3.8, 4) is 11.1 Å². The fourth-order valence-electron chi connectivity index (χ4n) is 3.07. The third-order valence-corrected chi connectivity index (χ3v) is 5.03. The number of aliphatic hydroxyl groups is 3. The number of hydrogen-bond acceptors (Lipinski definition) is 8. The molecule has 0 aromatic carbocycles. The SMILES string of the molecule is CC1(O)C(O)=C(CO)O[C@H]1n1cc(-c2ccsc2)c2c(N)ncnc21. The van der Waals surface area contributed by atoms with Gasteiger partial charge in [-0.1, -0.05) is 0 Å². The maximum Gasteiger partial charge on any atom is 0.213 e. The van der Waals surface area contributed by atoms with Gasteiger partial charge in [-0.15, -0.1) is 0 Å². The van der Waals surface area contributed by atoms with Crippen LogP contribution in [0.2, 0.25) is 0 Å². The third-order valence-electron chi connectivity index (χ3n) is 4.35. The first kappa shape index (κ1) is 15.9. The van der Waals surface area contributed by atoms with Gasteiger partial charge in [-0.3, -0.25) is 4.57 Å². The van der Waals surface area contributed by atoms with Crippen molar-refractivity contribution >= 4 is 28.2 Å². The third kappa shape index (κ3) is 2.20. The summed E-state index contributed by atoms with van der Waals surface area (Å²) in [5.41, 5.74) is 6.53. The Morgan fingerprint density at radius 1 is 1.44 bits per heavy atom. The summed E-state index contributed by atoms with van der Waals surface area (Å²) in [4.78, 5) is 8.33. The van der Waals surface area contributed by atoms with Crippen molar-refractivity contribution in [2.45, 2.75) is 18.8 Å².